The van der Waals surface area contributed by atoms with Crippen molar-refractivity contribution < 1.29 is 24.2 Å². The molecule has 26 heavy (non-hydrogen) atoms. The number of halogens is 1. The molecule has 1 saturated heterocycles. The predicted octanol–water partition coefficient (Wildman–Crippen LogP) is 2.39. The van der Waals surface area contributed by atoms with Gasteiger partial charge in [0.25, 0.3) is 0 Å². The van der Waals surface area contributed by atoms with Crippen LogP contribution in [0.3, 0.4) is 0 Å². The van der Waals surface area contributed by atoms with Crippen molar-refractivity contribution in [2.75, 3.05) is 6.61 Å². The smallest absolute Gasteiger partial charge is 0.464 e. The van der Waals surface area contributed by atoms with E-state index in [2.05, 4.69) is 15.9 Å². The van der Waals surface area contributed by atoms with E-state index < -0.39 is 32.7 Å². The van der Waals surface area contributed by atoms with Crippen molar-refractivity contribution in [1.29, 1.82) is 0 Å². The summed E-state index contributed by atoms with van der Waals surface area (Å²) >= 11 is 3.69. The molecule has 11 heteroatoms. The van der Waals surface area contributed by atoms with E-state index in [0.717, 1.165) is 25.7 Å². The molecule has 2 atom stereocenters. The molecule has 3 aliphatic rings. The molecule has 2 unspecified atom stereocenters. The van der Waals surface area contributed by atoms with Crippen LogP contribution in [0, 0.1) is 20.2 Å². The van der Waals surface area contributed by atoms with Crippen LogP contribution < -0.4 is 0 Å². The van der Waals surface area contributed by atoms with Gasteiger partial charge in [0.1, 0.15) is 15.4 Å². The van der Waals surface area contributed by atoms with Gasteiger partial charge in [-0.2, -0.15) is 0 Å². The maximum Gasteiger partial charge on any atom is 0.577 e. The fraction of sp³-hybridized carbons (Fsp3) is 0.933. The van der Waals surface area contributed by atoms with Crippen LogP contribution in [-0.2, 0) is 14.4 Å². The van der Waals surface area contributed by atoms with Gasteiger partial charge in [0.15, 0.2) is 0 Å². The standard InChI is InChI=1S/C15H22BrN3O7/c1-3-14(11(20)25-4-2)15(18(21)22,19(23)24)17(14)26-13(9-6-10-13)12(16)7-5-8-12/h3-10H2,1-2H3. The largest absolute Gasteiger partial charge is 0.577 e. The summed E-state index contributed by atoms with van der Waals surface area (Å²) in [6.07, 6.45) is 4.59. The van der Waals surface area contributed by atoms with E-state index in [0.29, 0.717) is 17.9 Å². The first-order valence-electron chi connectivity index (χ1n) is 8.83. The molecule has 3 fully saturated rings. The lowest BCUT2D eigenvalue weighted by Gasteiger charge is -2.56. The SMILES string of the molecule is CCOC(=O)C1(CC)N(OC2(C3(Br)CCC3)CCC2)C1([N+](=O)[O-])[N+](=O)[O-]. The Morgan fingerprint density at radius 1 is 1.12 bits per heavy atom. The lowest BCUT2D eigenvalue weighted by molar-refractivity contribution is -0.787. The predicted molar refractivity (Wildman–Crippen MR) is 91.4 cm³/mol. The Bertz CT molecular complexity index is 635. The molecule has 146 valence electrons. The summed E-state index contributed by atoms with van der Waals surface area (Å²) in [5, 5.41) is 24.2. The van der Waals surface area contributed by atoms with Crippen molar-refractivity contribution in [3.63, 3.8) is 0 Å². The number of hydrogen-bond acceptors (Lipinski definition) is 8. The molecule has 0 radical (unpaired) electrons. The minimum Gasteiger partial charge on any atom is -0.464 e. The molecule has 0 aromatic rings. The van der Waals surface area contributed by atoms with E-state index in [9.17, 15) is 25.0 Å². The van der Waals surface area contributed by atoms with Crippen LogP contribution in [0.15, 0.2) is 0 Å². The third-order valence-corrected chi connectivity index (χ3v) is 7.67. The number of carbonyl (C=O) groups excluding carboxylic acids is 1. The van der Waals surface area contributed by atoms with E-state index >= 15 is 0 Å². The van der Waals surface area contributed by atoms with E-state index in [1.165, 1.54) is 6.92 Å². The molecule has 1 heterocycles. The molecule has 0 N–H and O–H groups in total. The van der Waals surface area contributed by atoms with Crippen molar-refractivity contribution in [2.24, 2.45) is 0 Å². The molecule has 3 rings (SSSR count). The molecular formula is C15H22BrN3O7. The Hall–Kier alpha value is -1.33. The van der Waals surface area contributed by atoms with Gasteiger partial charge in [-0.05, 0) is 50.5 Å². The van der Waals surface area contributed by atoms with Gasteiger partial charge in [-0.15, -0.1) is 0 Å². The first-order chi connectivity index (χ1) is 12.2. The number of hydroxylamine groups is 2. The highest BCUT2D eigenvalue weighted by Gasteiger charge is 3.03. The average molecular weight is 436 g/mol. The van der Waals surface area contributed by atoms with Crippen molar-refractivity contribution >= 4 is 21.9 Å². The summed E-state index contributed by atoms with van der Waals surface area (Å²) in [6.45, 7) is 3.00. The summed E-state index contributed by atoms with van der Waals surface area (Å²) in [6, 6.07) is 0. The maximum atomic E-state index is 12.6. The lowest BCUT2D eigenvalue weighted by atomic mass is 9.63. The fourth-order valence-corrected chi connectivity index (χ4v) is 5.27. The van der Waals surface area contributed by atoms with E-state index in [-0.39, 0.29) is 17.4 Å². The zero-order valence-corrected chi connectivity index (χ0v) is 16.3. The molecule has 10 nitrogen and oxygen atoms in total. The number of rotatable bonds is 8. The number of alkyl halides is 1. The van der Waals surface area contributed by atoms with Gasteiger partial charge < -0.3 is 4.74 Å². The Labute approximate surface area is 158 Å². The van der Waals surface area contributed by atoms with Crippen LogP contribution in [0.4, 0.5) is 0 Å². The van der Waals surface area contributed by atoms with Crippen LogP contribution in [0.25, 0.3) is 0 Å². The number of ether oxygens (including phenoxy) is 1. The Balaban J connectivity index is 2.01. The van der Waals surface area contributed by atoms with Gasteiger partial charge >= 0.3 is 17.3 Å². The summed E-state index contributed by atoms with van der Waals surface area (Å²) < 4.78 is 4.59. The second-order valence-electron chi connectivity index (χ2n) is 7.14. The Morgan fingerprint density at radius 2 is 1.65 bits per heavy atom. The van der Waals surface area contributed by atoms with Gasteiger partial charge in [-0.25, -0.2) is 4.79 Å². The molecule has 2 aliphatic carbocycles. The zero-order chi connectivity index (χ0) is 19.4. The topological polar surface area (TPSA) is 125 Å². The van der Waals surface area contributed by atoms with Crippen LogP contribution in [0.2, 0.25) is 0 Å². The van der Waals surface area contributed by atoms with Crippen molar-refractivity contribution in [3.05, 3.63) is 20.2 Å². The monoisotopic (exact) mass is 435 g/mol. The number of nitrogens with zero attached hydrogens (tertiary/aromatic N) is 3. The van der Waals surface area contributed by atoms with Crippen molar-refractivity contribution in [1.82, 2.24) is 5.06 Å². The first kappa shape index (κ1) is 19.4. The maximum absolute atomic E-state index is 12.6. The number of esters is 1. The molecule has 0 aromatic carbocycles. The van der Waals surface area contributed by atoms with Crippen molar-refractivity contribution in [3.8, 4) is 0 Å². The van der Waals surface area contributed by atoms with Gasteiger partial charge in [0.05, 0.1) is 10.9 Å². The third-order valence-electron chi connectivity index (χ3n) is 6.16. The van der Waals surface area contributed by atoms with Gasteiger partial charge in [0, 0.05) is 0 Å². The van der Waals surface area contributed by atoms with Crippen LogP contribution in [-0.4, -0.2) is 48.7 Å². The highest BCUT2D eigenvalue weighted by atomic mass is 79.9. The molecule has 1 aliphatic heterocycles. The number of carbonyl (C=O) groups is 1. The van der Waals surface area contributed by atoms with E-state index in [4.69, 9.17) is 9.57 Å². The highest BCUT2D eigenvalue weighted by Crippen LogP contribution is 2.63. The minimum absolute atomic E-state index is 0.0343. The molecule has 0 spiro atoms. The second kappa shape index (κ2) is 6.10. The van der Waals surface area contributed by atoms with Crippen molar-refractivity contribution in [2.45, 2.75) is 80.0 Å². The van der Waals surface area contributed by atoms with Gasteiger partial charge in [0.2, 0.25) is 0 Å². The van der Waals surface area contributed by atoms with E-state index in [1.54, 1.807) is 6.92 Å². The van der Waals surface area contributed by atoms with Crippen LogP contribution >= 0.6 is 15.9 Å². The molecule has 0 amide bonds. The van der Waals surface area contributed by atoms with E-state index in [1.807, 2.05) is 0 Å². The Morgan fingerprint density at radius 3 is 1.96 bits per heavy atom. The number of nitro groups is 2. The summed E-state index contributed by atoms with van der Waals surface area (Å²) in [5.41, 5.74) is -2.84. The fourth-order valence-electron chi connectivity index (χ4n) is 4.25. The molecule has 0 aromatic heterocycles. The van der Waals surface area contributed by atoms with Gasteiger partial charge in [-0.1, -0.05) is 29.3 Å². The minimum atomic E-state index is -2.86. The summed E-state index contributed by atoms with van der Waals surface area (Å²) in [7, 11) is 0. The van der Waals surface area contributed by atoms with Gasteiger partial charge in [-0.3, -0.25) is 25.1 Å². The summed E-state index contributed by atoms with van der Waals surface area (Å²) in [5.74, 6) is -3.86. The third kappa shape index (κ3) is 2.07. The molecule has 0 bridgehead atoms. The van der Waals surface area contributed by atoms with Crippen LogP contribution in [0.5, 0.6) is 0 Å². The molecule has 2 saturated carbocycles. The Kier molecular flexibility index (Phi) is 4.56. The normalized spacial score (nSPS) is 32.7. The van der Waals surface area contributed by atoms with Crippen LogP contribution in [0.1, 0.15) is 58.8 Å². The second-order valence-corrected chi connectivity index (χ2v) is 8.65. The quantitative estimate of drug-likeness (QED) is 0.142. The number of hydrogen-bond donors (Lipinski definition) is 0. The molecular weight excluding hydrogens is 414 g/mol. The average Bonchev–Trinajstić information content (AvgIpc) is 3.13. The lowest BCUT2D eigenvalue weighted by Crippen LogP contribution is -2.61. The highest BCUT2D eigenvalue weighted by molar-refractivity contribution is 9.10. The summed E-state index contributed by atoms with van der Waals surface area (Å²) in [4.78, 5) is 40.0. The first-order valence-corrected chi connectivity index (χ1v) is 9.62. The zero-order valence-electron chi connectivity index (χ0n) is 14.7.